The van der Waals surface area contributed by atoms with Gasteiger partial charge in [0.2, 0.25) is 5.91 Å². The summed E-state index contributed by atoms with van der Waals surface area (Å²) in [7, 11) is 0. The molecule has 2 heterocycles. The van der Waals surface area contributed by atoms with Crippen molar-refractivity contribution in [1.29, 1.82) is 0 Å². The molecule has 1 fully saturated rings. The van der Waals surface area contributed by atoms with Gasteiger partial charge in [0.1, 0.15) is 5.82 Å². The van der Waals surface area contributed by atoms with Crippen molar-refractivity contribution in [1.82, 2.24) is 4.98 Å². The highest BCUT2D eigenvalue weighted by molar-refractivity contribution is 5.83. The van der Waals surface area contributed by atoms with Crippen LogP contribution in [0.5, 0.6) is 0 Å². The Morgan fingerprint density at radius 2 is 2.00 bits per heavy atom. The number of primary amides is 1. The molecule has 104 valence electrons. The highest BCUT2D eigenvalue weighted by atomic mass is 16.1. The van der Waals surface area contributed by atoms with Gasteiger partial charge in [-0.25, -0.2) is 4.98 Å². The number of hydrogen-bond acceptors (Lipinski definition) is 3. The quantitative estimate of drug-likeness (QED) is 0.909. The standard InChI is InChI=1S/C16H19N3O/c1-11-3-2-4-12-5-6-14(18-15(11)12)19-9-7-13(8-10-19)16(17)20/h2-6,13H,7-10H2,1H3,(H2,17,20). The maximum Gasteiger partial charge on any atom is 0.220 e. The molecule has 1 aromatic carbocycles. The van der Waals surface area contributed by atoms with Crippen LogP contribution in [0.4, 0.5) is 5.82 Å². The Hall–Kier alpha value is -2.10. The van der Waals surface area contributed by atoms with Crippen LogP contribution in [0.1, 0.15) is 18.4 Å². The highest BCUT2D eigenvalue weighted by Gasteiger charge is 2.23. The van der Waals surface area contributed by atoms with Crippen molar-refractivity contribution in [2.75, 3.05) is 18.0 Å². The number of hydrogen-bond donors (Lipinski definition) is 1. The van der Waals surface area contributed by atoms with Crippen molar-refractivity contribution in [3.63, 3.8) is 0 Å². The average molecular weight is 269 g/mol. The number of aryl methyl sites for hydroxylation is 1. The van der Waals surface area contributed by atoms with E-state index < -0.39 is 0 Å². The van der Waals surface area contributed by atoms with Crippen molar-refractivity contribution in [3.05, 3.63) is 35.9 Å². The summed E-state index contributed by atoms with van der Waals surface area (Å²) >= 11 is 0. The van der Waals surface area contributed by atoms with Gasteiger partial charge in [0.15, 0.2) is 0 Å². The van der Waals surface area contributed by atoms with Gasteiger partial charge in [0.05, 0.1) is 5.52 Å². The van der Waals surface area contributed by atoms with Crippen molar-refractivity contribution in [2.24, 2.45) is 11.7 Å². The van der Waals surface area contributed by atoms with Crippen molar-refractivity contribution in [3.8, 4) is 0 Å². The summed E-state index contributed by atoms with van der Waals surface area (Å²) in [6.45, 7) is 3.77. The minimum atomic E-state index is -0.174. The summed E-state index contributed by atoms with van der Waals surface area (Å²) in [4.78, 5) is 18.2. The molecule has 0 spiro atoms. The van der Waals surface area contributed by atoms with E-state index in [9.17, 15) is 4.79 Å². The highest BCUT2D eigenvalue weighted by Crippen LogP contribution is 2.25. The summed E-state index contributed by atoms with van der Waals surface area (Å²) in [6, 6.07) is 10.4. The molecule has 1 aliphatic rings. The zero-order valence-corrected chi connectivity index (χ0v) is 11.7. The second-order valence-corrected chi connectivity index (χ2v) is 5.48. The van der Waals surface area contributed by atoms with E-state index in [0.717, 1.165) is 37.3 Å². The van der Waals surface area contributed by atoms with E-state index in [4.69, 9.17) is 10.7 Å². The topological polar surface area (TPSA) is 59.2 Å². The lowest BCUT2D eigenvalue weighted by molar-refractivity contribution is -0.122. The molecule has 20 heavy (non-hydrogen) atoms. The first-order chi connectivity index (χ1) is 9.65. The van der Waals surface area contributed by atoms with Crippen LogP contribution in [0.15, 0.2) is 30.3 Å². The molecule has 0 aliphatic carbocycles. The molecule has 0 radical (unpaired) electrons. The van der Waals surface area contributed by atoms with Gasteiger partial charge in [0, 0.05) is 24.4 Å². The molecule has 0 atom stereocenters. The largest absolute Gasteiger partial charge is 0.369 e. The Morgan fingerprint density at radius 3 is 2.70 bits per heavy atom. The molecule has 2 N–H and O–H groups in total. The Balaban J connectivity index is 1.85. The molecule has 3 rings (SSSR count). The summed E-state index contributed by atoms with van der Waals surface area (Å²) in [6.07, 6.45) is 1.64. The van der Waals surface area contributed by atoms with E-state index >= 15 is 0 Å². The maximum atomic E-state index is 11.2. The number of benzene rings is 1. The minimum Gasteiger partial charge on any atom is -0.369 e. The number of anilines is 1. The number of pyridine rings is 1. The number of fused-ring (bicyclic) bond motifs is 1. The number of nitrogens with zero attached hydrogens (tertiary/aromatic N) is 2. The molecular weight excluding hydrogens is 250 g/mol. The van der Waals surface area contributed by atoms with Gasteiger partial charge in [0.25, 0.3) is 0 Å². The van der Waals surface area contributed by atoms with Crippen LogP contribution in [0, 0.1) is 12.8 Å². The molecule has 4 heteroatoms. The lowest BCUT2D eigenvalue weighted by atomic mass is 9.96. The van der Waals surface area contributed by atoms with E-state index in [1.807, 2.05) is 0 Å². The van der Waals surface area contributed by atoms with Crippen LogP contribution >= 0.6 is 0 Å². The fourth-order valence-electron chi connectivity index (χ4n) is 2.85. The number of nitrogens with two attached hydrogens (primary N) is 1. The third-order valence-electron chi connectivity index (χ3n) is 4.13. The van der Waals surface area contributed by atoms with Crippen LogP contribution in [-0.2, 0) is 4.79 Å². The van der Waals surface area contributed by atoms with Gasteiger partial charge in [-0.3, -0.25) is 4.79 Å². The second kappa shape index (κ2) is 5.12. The monoisotopic (exact) mass is 269 g/mol. The van der Waals surface area contributed by atoms with Crippen LogP contribution < -0.4 is 10.6 Å². The molecule has 0 bridgehead atoms. The van der Waals surface area contributed by atoms with Gasteiger partial charge < -0.3 is 10.6 Å². The van der Waals surface area contributed by atoms with Crippen LogP contribution in [-0.4, -0.2) is 24.0 Å². The van der Waals surface area contributed by atoms with Gasteiger partial charge >= 0.3 is 0 Å². The van der Waals surface area contributed by atoms with Gasteiger partial charge in [-0.2, -0.15) is 0 Å². The van der Waals surface area contributed by atoms with Gasteiger partial charge in [-0.05, 0) is 37.5 Å². The predicted octanol–water partition coefficient (Wildman–Crippen LogP) is 2.24. The molecule has 2 aromatic rings. The Kier molecular flexibility index (Phi) is 3.30. The lowest BCUT2D eigenvalue weighted by Crippen LogP contribution is -2.38. The normalized spacial score (nSPS) is 16.6. The first kappa shape index (κ1) is 12.9. The number of piperidine rings is 1. The molecular formula is C16H19N3O. The molecule has 1 amide bonds. The number of para-hydroxylation sites is 1. The maximum absolute atomic E-state index is 11.2. The number of carbonyl (C=O) groups is 1. The summed E-state index contributed by atoms with van der Waals surface area (Å²) in [5.41, 5.74) is 7.62. The van der Waals surface area contributed by atoms with Crippen molar-refractivity contribution >= 4 is 22.6 Å². The Bertz CT molecular complexity index is 645. The number of aromatic nitrogens is 1. The molecule has 1 aromatic heterocycles. The minimum absolute atomic E-state index is 0.0217. The number of rotatable bonds is 2. The summed E-state index contributed by atoms with van der Waals surface area (Å²) < 4.78 is 0. The first-order valence-corrected chi connectivity index (χ1v) is 7.06. The predicted molar refractivity (Wildman–Crippen MR) is 80.6 cm³/mol. The Morgan fingerprint density at radius 1 is 1.25 bits per heavy atom. The molecule has 1 saturated heterocycles. The smallest absolute Gasteiger partial charge is 0.220 e. The molecule has 1 aliphatic heterocycles. The third kappa shape index (κ3) is 2.33. The third-order valence-corrected chi connectivity index (χ3v) is 4.13. The SMILES string of the molecule is Cc1cccc2ccc(N3CCC(C(N)=O)CC3)nc12. The lowest BCUT2D eigenvalue weighted by Gasteiger charge is -2.31. The molecule has 0 saturated carbocycles. The number of amides is 1. The van der Waals surface area contributed by atoms with E-state index in [1.54, 1.807) is 0 Å². The van der Waals surface area contributed by atoms with E-state index in [2.05, 4.69) is 42.2 Å². The Labute approximate surface area is 118 Å². The fourth-order valence-corrected chi connectivity index (χ4v) is 2.85. The van der Waals surface area contributed by atoms with Crippen LogP contribution in [0.2, 0.25) is 0 Å². The summed E-state index contributed by atoms with van der Waals surface area (Å²) in [5, 5.41) is 1.17. The van der Waals surface area contributed by atoms with E-state index in [-0.39, 0.29) is 11.8 Å². The fraction of sp³-hybridized carbons (Fsp3) is 0.375. The average Bonchev–Trinajstić information content (AvgIpc) is 2.47. The van der Waals surface area contributed by atoms with Crippen LogP contribution in [0.25, 0.3) is 10.9 Å². The zero-order chi connectivity index (χ0) is 14.1. The summed E-state index contributed by atoms with van der Waals surface area (Å²) in [5.74, 6) is 0.843. The number of carbonyl (C=O) groups excluding carboxylic acids is 1. The van der Waals surface area contributed by atoms with Gasteiger partial charge in [-0.1, -0.05) is 18.2 Å². The molecule has 0 unspecified atom stereocenters. The van der Waals surface area contributed by atoms with E-state index in [1.165, 1.54) is 10.9 Å². The van der Waals surface area contributed by atoms with E-state index in [0.29, 0.717) is 0 Å². The van der Waals surface area contributed by atoms with Crippen molar-refractivity contribution < 1.29 is 4.79 Å². The first-order valence-electron chi connectivity index (χ1n) is 7.06. The van der Waals surface area contributed by atoms with Crippen LogP contribution in [0.3, 0.4) is 0 Å². The second-order valence-electron chi connectivity index (χ2n) is 5.48. The van der Waals surface area contributed by atoms with Gasteiger partial charge in [-0.15, -0.1) is 0 Å². The van der Waals surface area contributed by atoms with Crippen molar-refractivity contribution in [2.45, 2.75) is 19.8 Å². The zero-order valence-electron chi connectivity index (χ0n) is 11.7. The molecule has 4 nitrogen and oxygen atoms in total.